The van der Waals surface area contributed by atoms with E-state index < -0.39 is 5.79 Å². The van der Waals surface area contributed by atoms with E-state index in [1.54, 1.807) is 14.2 Å². The van der Waals surface area contributed by atoms with E-state index in [-0.39, 0.29) is 5.92 Å². The fourth-order valence-electron chi connectivity index (χ4n) is 1.78. The predicted molar refractivity (Wildman–Crippen MR) is 39.6 cm³/mol. The van der Waals surface area contributed by atoms with Gasteiger partial charge in [0, 0.05) is 20.1 Å². The molecule has 1 rings (SSSR count). The van der Waals surface area contributed by atoms with Gasteiger partial charge < -0.3 is 9.47 Å². The summed E-state index contributed by atoms with van der Waals surface area (Å²) in [6.07, 6.45) is 0.873. The van der Waals surface area contributed by atoms with Gasteiger partial charge in [0.05, 0.1) is 6.07 Å². The highest BCUT2D eigenvalue weighted by molar-refractivity contribution is 5.06. The van der Waals surface area contributed by atoms with Crippen molar-refractivity contribution < 1.29 is 9.47 Å². The Morgan fingerprint density at radius 1 is 1.45 bits per heavy atom. The molecule has 0 bridgehead atoms. The van der Waals surface area contributed by atoms with E-state index >= 15 is 0 Å². The van der Waals surface area contributed by atoms with Crippen molar-refractivity contribution in [1.82, 2.24) is 0 Å². The SMILES string of the molecule is COC1(OC)[C@@H](C)C[C@@H]1C#N. The summed E-state index contributed by atoms with van der Waals surface area (Å²) < 4.78 is 10.4. The van der Waals surface area contributed by atoms with Gasteiger partial charge in [-0.1, -0.05) is 6.92 Å². The van der Waals surface area contributed by atoms with Crippen LogP contribution in [0.15, 0.2) is 0 Å². The van der Waals surface area contributed by atoms with Crippen LogP contribution in [0.5, 0.6) is 0 Å². The molecule has 0 saturated heterocycles. The van der Waals surface area contributed by atoms with Crippen molar-refractivity contribution in [2.24, 2.45) is 11.8 Å². The summed E-state index contributed by atoms with van der Waals surface area (Å²) in [5.41, 5.74) is 0. The average Bonchev–Trinajstić information content (AvgIpc) is 2.02. The lowest BCUT2D eigenvalue weighted by atomic mass is 9.70. The van der Waals surface area contributed by atoms with Crippen LogP contribution in [-0.4, -0.2) is 20.0 Å². The third-order valence-corrected chi connectivity index (χ3v) is 2.56. The van der Waals surface area contributed by atoms with Gasteiger partial charge >= 0.3 is 0 Å². The third kappa shape index (κ3) is 0.943. The van der Waals surface area contributed by atoms with Crippen molar-refractivity contribution in [2.75, 3.05) is 14.2 Å². The molecule has 0 aromatic carbocycles. The molecule has 0 radical (unpaired) electrons. The second-order valence-corrected chi connectivity index (χ2v) is 2.95. The molecule has 2 atom stereocenters. The molecule has 0 N–H and O–H groups in total. The van der Waals surface area contributed by atoms with Crippen molar-refractivity contribution in [1.29, 1.82) is 5.26 Å². The summed E-state index contributed by atoms with van der Waals surface area (Å²) in [5.74, 6) is -0.413. The summed E-state index contributed by atoms with van der Waals surface area (Å²) in [7, 11) is 3.17. The van der Waals surface area contributed by atoms with E-state index in [9.17, 15) is 0 Å². The Kier molecular flexibility index (Phi) is 2.17. The van der Waals surface area contributed by atoms with E-state index in [4.69, 9.17) is 14.7 Å². The largest absolute Gasteiger partial charge is 0.352 e. The fraction of sp³-hybridized carbons (Fsp3) is 0.875. The minimum atomic E-state index is -0.630. The first-order valence-electron chi connectivity index (χ1n) is 3.71. The van der Waals surface area contributed by atoms with Crippen LogP contribution in [0.1, 0.15) is 13.3 Å². The van der Waals surface area contributed by atoms with Crippen LogP contribution in [0.25, 0.3) is 0 Å². The van der Waals surface area contributed by atoms with Gasteiger partial charge in [0.1, 0.15) is 5.92 Å². The molecule has 0 aromatic heterocycles. The normalized spacial score (nSPS) is 34.0. The number of methoxy groups -OCH3 is 2. The summed E-state index contributed by atoms with van der Waals surface area (Å²) in [6.45, 7) is 2.03. The van der Waals surface area contributed by atoms with E-state index in [1.165, 1.54) is 0 Å². The lowest BCUT2D eigenvalue weighted by molar-refractivity contribution is -0.305. The number of hydrogen-bond donors (Lipinski definition) is 0. The number of ether oxygens (including phenoxy) is 2. The second-order valence-electron chi connectivity index (χ2n) is 2.95. The highest BCUT2D eigenvalue weighted by atomic mass is 16.7. The molecule has 3 heteroatoms. The molecular weight excluding hydrogens is 142 g/mol. The zero-order valence-electron chi connectivity index (χ0n) is 7.13. The van der Waals surface area contributed by atoms with Crippen molar-refractivity contribution in [3.63, 3.8) is 0 Å². The molecule has 11 heavy (non-hydrogen) atoms. The zero-order valence-corrected chi connectivity index (χ0v) is 7.13. The van der Waals surface area contributed by atoms with E-state index in [0.717, 1.165) is 6.42 Å². The van der Waals surface area contributed by atoms with Crippen LogP contribution < -0.4 is 0 Å². The van der Waals surface area contributed by atoms with Gasteiger partial charge in [-0.2, -0.15) is 5.26 Å². The number of hydrogen-bond acceptors (Lipinski definition) is 3. The van der Waals surface area contributed by atoms with Gasteiger partial charge in [-0.05, 0) is 6.42 Å². The highest BCUT2D eigenvalue weighted by Crippen LogP contribution is 2.46. The maximum atomic E-state index is 8.69. The molecule has 1 saturated carbocycles. The van der Waals surface area contributed by atoms with Gasteiger partial charge in [-0.15, -0.1) is 0 Å². The molecule has 0 aliphatic heterocycles. The summed E-state index contributed by atoms with van der Waals surface area (Å²) in [4.78, 5) is 0. The quantitative estimate of drug-likeness (QED) is 0.562. The highest BCUT2D eigenvalue weighted by Gasteiger charge is 2.54. The van der Waals surface area contributed by atoms with E-state index in [0.29, 0.717) is 5.92 Å². The molecule has 1 aliphatic rings. The fourth-order valence-corrected chi connectivity index (χ4v) is 1.78. The lowest BCUT2D eigenvalue weighted by Gasteiger charge is -2.48. The summed E-state index contributed by atoms with van der Waals surface area (Å²) in [5, 5.41) is 8.69. The Labute approximate surface area is 66.9 Å². The molecule has 0 spiro atoms. The van der Waals surface area contributed by atoms with E-state index in [2.05, 4.69) is 6.07 Å². The van der Waals surface area contributed by atoms with Crippen molar-refractivity contribution in [3.05, 3.63) is 0 Å². The van der Waals surface area contributed by atoms with Gasteiger partial charge in [0.25, 0.3) is 0 Å². The number of rotatable bonds is 2. The van der Waals surface area contributed by atoms with Gasteiger partial charge in [0.15, 0.2) is 5.79 Å². The van der Waals surface area contributed by atoms with Crippen molar-refractivity contribution in [3.8, 4) is 6.07 Å². The Balaban J connectivity index is 2.72. The molecule has 1 aliphatic carbocycles. The molecule has 1 fully saturated rings. The Morgan fingerprint density at radius 2 is 2.00 bits per heavy atom. The summed E-state index contributed by atoms with van der Waals surface area (Å²) in [6, 6.07) is 2.17. The van der Waals surface area contributed by atoms with Crippen LogP contribution in [0.2, 0.25) is 0 Å². The monoisotopic (exact) mass is 155 g/mol. The van der Waals surface area contributed by atoms with Crippen LogP contribution in [-0.2, 0) is 9.47 Å². The smallest absolute Gasteiger partial charge is 0.186 e. The molecular formula is C8H13NO2. The predicted octanol–water partition coefficient (Wildman–Crippen LogP) is 1.16. The standard InChI is InChI=1S/C8H13NO2/c1-6-4-7(5-9)8(6,10-2)11-3/h6-7H,4H2,1-3H3/t6-,7+/m0/s1. The van der Waals surface area contributed by atoms with Crippen LogP contribution >= 0.6 is 0 Å². The van der Waals surface area contributed by atoms with Crippen LogP contribution in [0.3, 0.4) is 0 Å². The maximum Gasteiger partial charge on any atom is 0.186 e. The summed E-state index contributed by atoms with van der Waals surface area (Å²) >= 11 is 0. The van der Waals surface area contributed by atoms with Crippen LogP contribution in [0.4, 0.5) is 0 Å². The lowest BCUT2D eigenvalue weighted by Crippen LogP contribution is -2.56. The first kappa shape index (κ1) is 8.51. The average molecular weight is 155 g/mol. The minimum absolute atomic E-state index is 0.104. The second kappa shape index (κ2) is 2.80. The first-order chi connectivity index (χ1) is 5.21. The Hall–Kier alpha value is -0.590. The van der Waals surface area contributed by atoms with Gasteiger partial charge in [0.2, 0.25) is 0 Å². The maximum absolute atomic E-state index is 8.69. The van der Waals surface area contributed by atoms with Crippen molar-refractivity contribution in [2.45, 2.75) is 19.1 Å². The molecule has 62 valence electrons. The molecule has 0 amide bonds. The first-order valence-corrected chi connectivity index (χ1v) is 3.71. The zero-order chi connectivity index (χ0) is 8.48. The number of nitriles is 1. The topological polar surface area (TPSA) is 42.2 Å². The van der Waals surface area contributed by atoms with Crippen LogP contribution in [0, 0.1) is 23.2 Å². The molecule has 0 aromatic rings. The minimum Gasteiger partial charge on any atom is -0.352 e. The molecule has 0 heterocycles. The number of nitrogens with zero attached hydrogens (tertiary/aromatic N) is 1. The third-order valence-electron chi connectivity index (χ3n) is 2.56. The molecule has 3 nitrogen and oxygen atoms in total. The Morgan fingerprint density at radius 3 is 2.18 bits per heavy atom. The van der Waals surface area contributed by atoms with E-state index in [1.807, 2.05) is 6.92 Å². The Bertz CT molecular complexity index is 181. The van der Waals surface area contributed by atoms with Gasteiger partial charge in [-0.3, -0.25) is 0 Å². The van der Waals surface area contributed by atoms with Gasteiger partial charge in [-0.25, -0.2) is 0 Å². The van der Waals surface area contributed by atoms with Crippen molar-refractivity contribution >= 4 is 0 Å². The molecule has 0 unspecified atom stereocenters.